The highest BCUT2D eigenvalue weighted by atomic mass is 35.5. The molecule has 4 rings (SSSR count). The van der Waals surface area contributed by atoms with Crippen molar-refractivity contribution in [2.75, 3.05) is 5.75 Å². The van der Waals surface area contributed by atoms with Crippen LogP contribution in [0.25, 0.3) is 22.2 Å². The molecule has 2 aromatic carbocycles. The summed E-state index contributed by atoms with van der Waals surface area (Å²) in [4.78, 5) is 8.85. The van der Waals surface area contributed by atoms with Gasteiger partial charge in [-0.05, 0) is 46.2 Å². The first-order valence-corrected chi connectivity index (χ1v) is 11.4. The van der Waals surface area contributed by atoms with Crippen molar-refractivity contribution in [2.24, 2.45) is 0 Å². The minimum absolute atomic E-state index is 0.562. The highest BCUT2D eigenvalue weighted by Crippen LogP contribution is 2.40. The molecule has 2 aromatic heterocycles. The normalized spacial score (nSPS) is 12.6. The van der Waals surface area contributed by atoms with Gasteiger partial charge >= 0.3 is 0 Å². The Morgan fingerprint density at radius 1 is 1.19 bits per heavy atom. The standard InChI is InChI=1S/C20H16Cl2N2OS2/c1-2-27(25)14-5-3-12(4-6-14)9-17-23-16-10-15(21)18(13-7-8-26-11-13)19(22)20(16)24-17/h3-8,10-11H,2,9H2,1H3,(H,23,24). The molecule has 3 nitrogen and oxygen atoms in total. The molecule has 0 aliphatic heterocycles. The molecule has 0 fully saturated rings. The van der Waals surface area contributed by atoms with E-state index in [0.29, 0.717) is 22.2 Å². The molecule has 138 valence electrons. The van der Waals surface area contributed by atoms with Crippen molar-refractivity contribution in [3.8, 4) is 11.1 Å². The molecule has 0 saturated carbocycles. The molecule has 0 spiro atoms. The fraction of sp³-hybridized carbons (Fsp3) is 0.150. The Labute approximate surface area is 173 Å². The number of hydrogen-bond acceptors (Lipinski definition) is 3. The molecular formula is C20H16Cl2N2OS2. The van der Waals surface area contributed by atoms with Crippen LogP contribution in [-0.4, -0.2) is 19.9 Å². The third kappa shape index (κ3) is 3.69. The van der Waals surface area contributed by atoms with Crippen LogP contribution in [0.15, 0.2) is 52.1 Å². The molecule has 0 amide bonds. The predicted octanol–water partition coefficient (Wildman–Crippen LogP) is 6.32. The second-order valence-electron chi connectivity index (χ2n) is 6.09. The van der Waals surface area contributed by atoms with Gasteiger partial charge in [0.15, 0.2) is 0 Å². The summed E-state index contributed by atoms with van der Waals surface area (Å²) in [5, 5.41) is 5.19. The summed E-state index contributed by atoms with van der Waals surface area (Å²) >= 11 is 14.7. The zero-order chi connectivity index (χ0) is 19.0. The van der Waals surface area contributed by atoms with Gasteiger partial charge < -0.3 is 4.98 Å². The van der Waals surface area contributed by atoms with Crippen LogP contribution in [0, 0.1) is 0 Å². The Hall–Kier alpha value is -1.66. The second-order valence-corrected chi connectivity index (χ2v) is 9.40. The van der Waals surface area contributed by atoms with Crippen molar-refractivity contribution in [1.29, 1.82) is 0 Å². The highest BCUT2D eigenvalue weighted by molar-refractivity contribution is 7.85. The smallest absolute Gasteiger partial charge is 0.111 e. The third-order valence-corrected chi connectivity index (χ3v) is 7.02. The van der Waals surface area contributed by atoms with Gasteiger partial charge in [-0.25, -0.2) is 4.98 Å². The minimum Gasteiger partial charge on any atom is -0.342 e. The van der Waals surface area contributed by atoms with Crippen molar-refractivity contribution >= 4 is 56.4 Å². The maximum Gasteiger partial charge on any atom is 0.111 e. The summed E-state index contributed by atoms with van der Waals surface area (Å²) in [6, 6.07) is 11.7. The Bertz CT molecular complexity index is 1120. The molecular weight excluding hydrogens is 419 g/mol. The lowest BCUT2D eigenvalue weighted by Crippen LogP contribution is -1.95. The van der Waals surface area contributed by atoms with Crippen molar-refractivity contribution in [3.05, 3.63) is 68.6 Å². The maximum absolute atomic E-state index is 11.9. The number of fused-ring (bicyclic) bond motifs is 1. The van der Waals surface area contributed by atoms with Crippen molar-refractivity contribution in [3.63, 3.8) is 0 Å². The van der Waals surface area contributed by atoms with Gasteiger partial charge in [0, 0.05) is 22.6 Å². The summed E-state index contributed by atoms with van der Waals surface area (Å²) in [6.45, 7) is 1.91. The van der Waals surface area contributed by atoms with E-state index >= 15 is 0 Å². The lowest BCUT2D eigenvalue weighted by Gasteiger charge is -2.05. The minimum atomic E-state index is -0.935. The van der Waals surface area contributed by atoms with E-state index in [1.165, 1.54) is 0 Å². The lowest BCUT2D eigenvalue weighted by molar-refractivity contribution is 0.684. The molecule has 1 atom stereocenters. The first-order valence-electron chi connectivity index (χ1n) is 8.43. The Morgan fingerprint density at radius 2 is 1.96 bits per heavy atom. The Kier molecular flexibility index (Phi) is 5.37. The molecule has 0 bridgehead atoms. The van der Waals surface area contributed by atoms with Crippen LogP contribution in [0.2, 0.25) is 10.0 Å². The molecule has 0 aliphatic carbocycles. The van der Waals surface area contributed by atoms with Gasteiger partial charge in [0.1, 0.15) is 11.3 Å². The summed E-state index contributed by atoms with van der Waals surface area (Å²) in [5.74, 6) is 1.43. The summed E-state index contributed by atoms with van der Waals surface area (Å²) in [6.07, 6.45) is 0.634. The van der Waals surface area contributed by atoms with Crippen LogP contribution in [0.1, 0.15) is 18.3 Å². The number of benzene rings is 2. The number of rotatable bonds is 5. The van der Waals surface area contributed by atoms with Crippen LogP contribution in [0.4, 0.5) is 0 Å². The van der Waals surface area contributed by atoms with Crippen LogP contribution >= 0.6 is 34.5 Å². The number of nitrogens with one attached hydrogen (secondary N) is 1. The Balaban J connectivity index is 1.68. The topological polar surface area (TPSA) is 45.8 Å². The van der Waals surface area contributed by atoms with Crippen LogP contribution in [0.5, 0.6) is 0 Å². The van der Waals surface area contributed by atoms with E-state index in [0.717, 1.165) is 38.4 Å². The van der Waals surface area contributed by atoms with Crippen molar-refractivity contribution < 1.29 is 4.21 Å². The number of aromatic amines is 1. The Morgan fingerprint density at radius 3 is 2.63 bits per heavy atom. The SMILES string of the molecule is CCS(=O)c1ccc(Cc2nc3c(Cl)c(-c4ccsc4)c(Cl)cc3[nH]2)cc1. The number of aromatic nitrogens is 2. The molecule has 7 heteroatoms. The van der Waals surface area contributed by atoms with Crippen LogP contribution in [-0.2, 0) is 17.2 Å². The van der Waals surface area contributed by atoms with Crippen LogP contribution < -0.4 is 0 Å². The van der Waals surface area contributed by atoms with E-state index in [4.69, 9.17) is 28.2 Å². The molecule has 4 aromatic rings. The molecule has 27 heavy (non-hydrogen) atoms. The van der Waals surface area contributed by atoms with Gasteiger partial charge in [0.2, 0.25) is 0 Å². The molecule has 1 N–H and O–H groups in total. The van der Waals surface area contributed by atoms with Crippen molar-refractivity contribution in [1.82, 2.24) is 9.97 Å². The van der Waals surface area contributed by atoms with E-state index in [1.54, 1.807) is 11.3 Å². The molecule has 0 radical (unpaired) electrons. The van der Waals surface area contributed by atoms with Crippen LogP contribution in [0.3, 0.4) is 0 Å². The molecule has 0 saturated heterocycles. The number of halogens is 2. The lowest BCUT2D eigenvalue weighted by atomic mass is 10.1. The van der Waals surface area contributed by atoms with Gasteiger partial charge in [-0.2, -0.15) is 11.3 Å². The van der Waals surface area contributed by atoms with Gasteiger partial charge in [-0.1, -0.05) is 42.3 Å². The fourth-order valence-corrected chi connectivity index (χ4v) is 5.14. The first-order chi connectivity index (χ1) is 13.1. The van der Waals surface area contributed by atoms with E-state index in [2.05, 4.69) is 4.98 Å². The van der Waals surface area contributed by atoms with Gasteiger partial charge in [-0.15, -0.1) is 0 Å². The largest absolute Gasteiger partial charge is 0.342 e. The predicted molar refractivity (Wildman–Crippen MR) is 116 cm³/mol. The average molecular weight is 435 g/mol. The van der Waals surface area contributed by atoms with Gasteiger partial charge in [-0.3, -0.25) is 4.21 Å². The molecule has 0 aliphatic rings. The number of nitrogens with zero attached hydrogens (tertiary/aromatic N) is 1. The maximum atomic E-state index is 11.9. The number of thiophene rings is 1. The number of hydrogen-bond donors (Lipinski definition) is 1. The second kappa shape index (κ2) is 7.76. The van der Waals surface area contributed by atoms with E-state index in [-0.39, 0.29) is 0 Å². The number of H-pyrrole nitrogens is 1. The molecule has 1 unspecified atom stereocenters. The summed E-state index contributed by atoms with van der Waals surface area (Å²) in [5.41, 5.74) is 4.45. The third-order valence-electron chi connectivity index (χ3n) is 4.35. The van der Waals surface area contributed by atoms with E-state index in [9.17, 15) is 4.21 Å². The number of imidazole rings is 1. The fourth-order valence-electron chi connectivity index (χ4n) is 3.01. The van der Waals surface area contributed by atoms with E-state index < -0.39 is 10.8 Å². The zero-order valence-electron chi connectivity index (χ0n) is 14.5. The zero-order valence-corrected chi connectivity index (χ0v) is 17.6. The van der Waals surface area contributed by atoms with Gasteiger partial charge in [0.25, 0.3) is 0 Å². The monoisotopic (exact) mass is 434 g/mol. The summed E-state index contributed by atoms with van der Waals surface area (Å²) < 4.78 is 11.9. The summed E-state index contributed by atoms with van der Waals surface area (Å²) in [7, 11) is -0.935. The highest BCUT2D eigenvalue weighted by Gasteiger charge is 2.16. The van der Waals surface area contributed by atoms with E-state index in [1.807, 2.05) is 54.1 Å². The average Bonchev–Trinajstić information content (AvgIpc) is 3.32. The van der Waals surface area contributed by atoms with Gasteiger partial charge in [0.05, 0.1) is 26.4 Å². The first kappa shape index (κ1) is 18.7. The molecule has 2 heterocycles. The quantitative estimate of drug-likeness (QED) is 0.399. The van der Waals surface area contributed by atoms with Crippen molar-refractivity contribution in [2.45, 2.75) is 18.2 Å².